The highest BCUT2D eigenvalue weighted by Crippen LogP contribution is 2.22. The number of amides is 1. The molecule has 1 amide bonds. The molecule has 1 aromatic rings. The molecular weight excluding hydrogens is 251 g/mol. The number of primary amides is 1. The molecule has 0 bridgehead atoms. The summed E-state index contributed by atoms with van der Waals surface area (Å²) < 4.78 is 4.58. The van der Waals surface area contributed by atoms with Crippen molar-refractivity contribution in [2.45, 2.75) is 12.5 Å². The van der Waals surface area contributed by atoms with Crippen LogP contribution in [0, 0.1) is 0 Å². The summed E-state index contributed by atoms with van der Waals surface area (Å²) in [6.45, 7) is 0.0789. The summed E-state index contributed by atoms with van der Waals surface area (Å²) in [5.41, 5.74) is 11.5. The third kappa shape index (κ3) is 4.26. The molecule has 0 aliphatic carbocycles. The van der Waals surface area contributed by atoms with Gasteiger partial charge in [0.05, 0.1) is 10.0 Å². The number of rotatable bonds is 4. The summed E-state index contributed by atoms with van der Waals surface area (Å²) >= 11 is 11.6. The van der Waals surface area contributed by atoms with Crippen LogP contribution in [-0.2, 0) is 11.2 Å². The molecule has 6 heteroatoms. The fourth-order valence-electron chi connectivity index (χ4n) is 1.22. The second-order valence-corrected chi connectivity index (χ2v) is 4.16. The number of ether oxygens (including phenoxy) is 1. The van der Waals surface area contributed by atoms with E-state index in [1.165, 1.54) is 0 Å². The summed E-state index contributed by atoms with van der Waals surface area (Å²) in [5, 5.41) is 0.967. The molecule has 1 rings (SSSR count). The Bertz CT molecular complexity index is 385. The molecule has 1 atom stereocenters. The number of nitrogens with two attached hydrogens (primary N) is 2. The van der Waals surface area contributed by atoms with E-state index in [1.807, 2.05) is 6.07 Å². The van der Waals surface area contributed by atoms with Gasteiger partial charge in [0.15, 0.2) is 0 Å². The zero-order valence-electron chi connectivity index (χ0n) is 8.45. The largest absolute Gasteiger partial charge is 0.448 e. The summed E-state index contributed by atoms with van der Waals surface area (Å²) in [7, 11) is 0. The molecule has 0 radical (unpaired) electrons. The molecule has 4 N–H and O–H groups in total. The van der Waals surface area contributed by atoms with Gasteiger partial charge < -0.3 is 16.2 Å². The minimum atomic E-state index is -0.829. The maximum atomic E-state index is 10.4. The van der Waals surface area contributed by atoms with Crippen LogP contribution in [0.3, 0.4) is 0 Å². The molecule has 4 nitrogen and oxygen atoms in total. The van der Waals surface area contributed by atoms with E-state index in [1.54, 1.807) is 12.1 Å². The quantitative estimate of drug-likeness (QED) is 0.871. The first-order valence-electron chi connectivity index (χ1n) is 4.60. The smallest absolute Gasteiger partial charge is 0.404 e. The van der Waals surface area contributed by atoms with Crippen LogP contribution < -0.4 is 11.5 Å². The first kappa shape index (κ1) is 13.1. The second kappa shape index (κ2) is 5.94. The molecule has 0 aromatic heterocycles. The lowest BCUT2D eigenvalue weighted by molar-refractivity contribution is 0.149. The molecule has 0 heterocycles. The molecule has 0 unspecified atom stereocenters. The van der Waals surface area contributed by atoms with Crippen LogP contribution in [0.5, 0.6) is 0 Å². The molecule has 0 aliphatic rings. The minimum absolute atomic E-state index is 0.0789. The van der Waals surface area contributed by atoms with E-state index in [-0.39, 0.29) is 12.6 Å². The van der Waals surface area contributed by atoms with Crippen LogP contribution in [0.2, 0.25) is 10.0 Å². The van der Waals surface area contributed by atoms with Crippen molar-refractivity contribution in [3.05, 3.63) is 33.8 Å². The molecular formula is C10H12Cl2N2O2. The van der Waals surface area contributed by atoms with Crippen LogP contribution >= 0.6 is 23.2 Å². The van der Waals surface area contributed by atoms with E-state index in [4.69, 9.17) is 34.7 Å². The third-order valence-corrected chi connectivity index (χ3v) is 2.66. The fourth-order valence-corrected chi connectivity index (χ4v) is 1.54. The van der Waals surface area contributed by atoms with Crippen LogP contribution in [0.4, 0.5) is 4.79 Å². The Morgan fingerprint density at radius 1 is 1.38 bits per heavy atom. The van der Waals surface area contributed by atoms with Crippen molar-refractivity contribution < 1.29 is 9.53 Å². The highest BCUT2D eigenvalue weighted by atomic mass is 35.5. The van der Waals surface area contributed by atoms with Crippen molar-refractivity contribution in [1.29, 1.82) is 0 Å². The maximum Gasteiger partial charge on any atom is 0.404 e. The number of carbonyl (C=O) groups is 1. The lowest BCUT2D eigenvalue weighted by atomic mass is 10.1. The Kier molecular flexibility index (Phi) is 4.86. The monoisotopic (exact) mass is 262 g/mol. The van der Waals surface area contributed by atoms with E-state index >= 15 is 0 Å². The van der Waals surface area contributed by atoms with Crippen molar-refractivity contribution in [1.82, 2.24) is 0 Å². The maximum absolute atomic E-state index is 10.4. The van der Waals surface area contributed by atoms with Crippen LogP contribution in [0.25, 0.3) is 0 Å². The molecule has 1 aromatic carbocycles. The summed E-state index contributed by atoms with van der Waals surface area (Å²) in [6.07, 6.45) is -0.297. The highest BCUT2D eigenvalue weighted by molar-refractivity contribution is 6.42. The lowest BCUT2D eigenvalue weighted by Gasteiger charge is -2.11. The highest BCUT2D eigenvalue weighted by Gasteiger charge is 2.07. The van der Waals surface area contributed by atoms with Crippen molar-refractivity contribution in [3.8, 4) is 0 Å². The van der Waals surface area contributed by atoms with Gasteiger partial charge in [0.1, 0.15) is 6.61 Å². The van der Waals surface area contributed by atoms with E-state index in [0.29, 0.717) is 16.5 Å². The van der Waals surface area contributed by atoms with E-state index in [9.17, 15) is 4.79 Å². The molecule has 0 spiro atoms. The zero-order valence-corrected chi connectivity index (χ0v) is 9.96. The van der Waals surface area contributed by atoms with Crippen LogP contribution in [0.15, 0.2) is 18.2 Å². The third-order valence-electron chi connectivity index (χ3n) is 1.92. The number of hydrogen-bond donors (Lipinski definition) is 2. The Balaban J connectivity index is 2.52. The minimum Gasteiger partial charge on any atom is -0.448 e. The van der Waals surface area contributed by atoms with Gasteiger partial charge in [0, 0.05) is 6.04 Å². The van der Waals surface area contributed by atoms with Gasteiger partial charge in [-0.15, -0.1) is 0 Å². The Labute approximate surface area is 103 Å². The number of carbonyl (C=O) groups excluding carboxylic acids is 1. The zero-order chi connectivity index (χ0) is 12.1. The Morgan fingerprint density at radius 3 is 2.62 bits per heavy atom. The van der Waals surface area contributed by atoms with Crippen molar-refractivity contribution in [2.75, 3.05) is 6.61 Å². The summed E-state index contributed by atoms with van der Waals surface area (Å²) in [5.74, 6) is 0. The van der Waals surface area contributed by atoms with Gasteiger partial charge in [0.2, 0.25) is 0 Å². The number of benzene rings is 1. The van der Waals surface area contributed by atoms with Gasteiger partial charge in [-0.25, -0.2) is 4.79 Å². The number of hydrogen-bond acceptors (Lipinski definition) is 3. The van der Waals surface area contributed by atoms with Crippen LogP contribution in [-0.4, -0.2) is 18.7 Å². The molecule has 0 aliphatic heterocycles. The molecule has 88 valence electrons. The summed E-state index contributed by atoms with van der Waals surface area (Å²) in [6, 6.07) is 4.93. The van der Waals surface area contributed by atoms with E-state index < -0.39 is 6.09 Å². The Hall–Kier alpha value is -0.970. The summed E-state index contributed by atoms with van der Waals surface area (Å²) in [4.78, 5) is 10.4. The SMILES string of the molecule is NC(=O)OC[C@H](N)Cc1ccc(Cl)c(Cl)c1. The van der Waals surface area contributed by atoms with Crippen LogP contribution in [0.1, 0.15) is 5.56 Å². The molecule has 0 fully saturated rings. The van der Waals surface area contributed by atoms with Gasteiger partial charge in [-0.2, -0.15) is 0 Å². The second-order valence-electron chi connectivity index (χ2n) is 3.34. The van der Waals surface area contributed by atoms with Crippen molar-refractivity contribution in [2.24, 2.45) is 11.5 Å². The predicted molar refractivity (Wildman–Crippen MR) is 63.7 cm³/mol. The molecule has 0 saturated carbocycles. The van der Waals surface area contributed by atoms with Gasteiger partial charge >= 0.3 is 6.09 Å². The van der Waals surface area contributed by atoms with Gasteiger partial charge in [0.25, 0.3) is 0 Å². The van der Waals surface area contributed by atoms with Gasteiger partial charge in [-0.3, -0.25) is 0 Å². The average Bonchev–Trinajstić information content (AvgIpc) is 2.21. The predicted octanol–water partition coefficient (Wildman–Crippen LogP) is 1.96. The lowest BCUT2D eigenvalue weighted by Crippen LogP contribution is -2.31. The molecule has 0 saturated heterocycles. The normalized spacial score (nSPS) is 12.2. The average molecular weight is 263 g/mol. The topological polar surface area (TPSA) is 78.3 Å². The standard InChI is InChI=1S/C10H12Cl2N2O2/c11-8-2-1-6(4-9(8)12)3-7(13)5-16-10(14)15/h1-2,4,7H,3,5,13H2,(H2,14,15)/t7-/m1/s1. The Morgan fingerprint density at radius 2 is 2.06 bits per heavy atom. The first-order chi connectivity index (χ1) is 7.49. The first-order valence-corrected chi connectivity index (χ1v) is 5.36. The number of halogens is 2. The molecule has 16 heavy (non-hydrogen) atoms. The van der Waals surface area contributed by atoms with Crippen molar-refractivity contribution >= 4 is 29.3 Å². The van der Waals surface area contributed by atoms with E-state index in [2.05, 4.69) is 4.74 Å². The van der Waals surface area contributed by atoms with E-state index in [0.717, 1.165) is 5.56 Å². The van der Waals surface area contributed by atoms with Crippen molar-refractivity contribution in [3.63, 3.8) is 0 Å². The fraction of sp³-hybridized carbons (Fsp3) is 0.300. The van der Waals surface area contributed by atoms with Gasteiger partial charge in [-0.05, 0) is 24.1 Å². The van der Waals surface area contributed by atoms with Gasteiger partial charge in [-0.1, -0.05) is 29.3 Å².